The number of aliphatic hydroxyl groups excluding tert-OH is 1. The highest BCUT2D eigenvalue weighted by Gasteiger charge is 2.29. The molecule has 1 heterocycles. The lowest BCUT2D eigenvalue weighted by molar-refractivity contribution is -0.00818. The van der Waals surface area contributed by atoms with Gasteiger partial charge in [-0.05, 0) is 50.9 Å². The molecule has 0 aromatic carbocycles. The quantitative estimate of drug-likeness (QED) is 0.836. The smallest absolute Gasteiger partial charge is 0.0599 e. The average Bonchev–Trinajstić information content (AvgIpc) is 2.37. The first-order valence-electron chi connectivity index (χ1n) is 7.71. The third-order valence-electron chi connectivity index (χ3n) is 4.63. The van der Waals surface area contributed by atoms with Gasteiger partial charge in [0.2, 0.25) is 0 Å². The van der Waals surface area contributed by atoms with Gasteiger partial charge in [-0.3, -0.25) is 0 Å². The van der Waals surface area contributed by atoms with E-state index in [0.29, 0.717) is 12.0 Å². The first-order chi connectivity index (χ1) is 8.69. The monoisotopic (exact) mass is 255 g/mol. The van der Waals surface area contributed by atoms with Gasteiger partial charge in [-0.15, -0.1) is 0 Å². The maximum atomic E-state index is 10.1. The average molecular weight is 255 g/mol. The van der Waals surface area contributed by atoms with E-state index in [1.54, 1.807) is 0 Å². The molecule has 0 aromatic rings. The van der Waals surface area contributed by atoms with Crippen molar-refractivity contribution in [3.8, 4) is 0 Å². The molecule has 18 heavy (non-hydrogen) atoms. The lowest BCUT2D eigenvalue weighted by Crippen LogP contribution is -2.43. The fraction of sp³-hybridized carbons (Fsp3) is 1.00. The minimum Gasteiger partial charge on any atom is -0.393 e. The van der Waals surface area contributed by atoms with Crippen LogP contribution in [0.25, 0.3) is 0 Å². The molecule has 2 rings (SSSR count). The van der Waals surface area contributed by atoms with Crippen LogP contribution in [0, 0.1) is 11.8 Å². The number of piperidine rings is 1. The van der Waals surface area contributed by atoms with Gasteiger partial charge in [0.1, 0.15) is 0 Å². The largest absolute Gasteiger partial charge is 0.393 e. The van der Waals surface area contributed by atoms with Crippen molar-refractivity contribution in [3.63, 3.8) is 0 Å². The molecule has 0 radical (unpaired) electrons. The third kappa shape index (κ3) is 3.94. The summed E-state index contributed by atoms with van der Waals surface area (Å²) in [6.45, 7) is 8.60. The standard InChI is InChI=1S/C15H29NO2/c1-3-18-14-6-8-16(9-7-14)11-13-10-12(2)4-5-15(13)17/h12-15,17H,3-11H2,1-2H3. The summed E-state index contributed by atoms with van der Waals surface area (Å²) in [6, 6.07) is 0. The Morgan fingerprint density at radius 3 is 2.56 bits per heavy atom. The molecule has 1 N–H and O–H groups in total. The Bertz CT molecular complexity index is 239. The fourth-order valence-electron chi connectivity index (χ4n) is 3.50. The molecular formula is C15H29NO2. The molecule has 1 saturated carbocycles. The molecule has 2 aliphatic rings. The second-order valence-electron chi connectivity index (χ2n) is 6.20. The molecule has 0 bridgehead atoms. The Hall–Kier alpha value is -0.120. The first-order valence-corrected chi connectivity index (χ1v) is 7.71. The van der Waals surface area contributed by atoms with E-state index in [-0.39, 0.29) is 6.10 Å². The van der Waals surface area contributed by atoms with Gasteiger partial charge < -0.3 is 14.7 Å². The van der Waals surface area contributed by atoms with Crippen LogP contribution < -0.4 is 0 Å². The Kier molecular flexibility index (Phi) is 5.46. The van der Waals surface area contributed by atoms with Crippen molar-refractivity contribution in [2.24, 2.45) is 11.8 Å². The molecule has 3 nitrogen and oxygen atoms in total. The highest BCUT2D eigenvalue weighted by Crippen LogP contribution is 2.30. The van der Waals surface area contributed by atoms with Gasteiger partial charge in [-0.2, -0.15) is 0 Å². The number of hydrogen-bond donors (Lipinski definition) is 1. The van der Waals surface area contributed by atoms with Gasteiger partial charge in [0, 0.05) is 26.2 Å². The number of nitrogens with zero attached hydrogens (tertiary/aromatic N) is 1. The molecule has 0 amide bonds. The van der Waals surface area contributed by atoms with E-state index in [2.05, 4.69) is 18.7 Å². The van der Waals surface area contributed by atoms with Crippen LogP contribution in [0.2, 0.25) is 0 Å². The molecule has 1 aliphatic heterocycles. The molecule has 3 heteroatoms. The van der Waals surface area contributed by atoms with Crippen LogP contribution in [-0.2, 0) is 4.74 Å². The Morgan fingerprint density at radius 1 is 1.17 bits per heavy atom. The topological polar surface area (TPSA) is 32.7 Å². The summed E-state index contributed by atoms with van der Waals surface area (Å²) in [6.07, 6.45) is 6.13. The second-order valence-corrected chi connectivity index (χ2v) is 6.20. The molecule has 106 valence electrons. The van der Waals surface area contributed by atoms with Crippen molar-refractivity contribution in [1.29, 1.82) is 0 Å². The maximum Gasteiger partial charge on any atom is 0.0599 e. The molecule has 0 spiro atoms. The third-order valence-corrected chi connectivity index (χ3v) is 4.63. The van der Waals surface area contributed by atoms with Crippen molar-refractivity contribution >= 4 is 0 Å². The van der Waals surface area contributed by atoms with Gasteiger partial charge in [-0.25, -0.2) is 0 Å². The van der Waals surface area contributed by atoms with Gasteiger partial charge in [0.15, 0.2) is 0 Å². The highest BCUT2D eigenvalue weighted by molar-refractivity contribution is 4.82. The van der Waals surface area contributed by atoms with Crippen LogP contribution in [-0.4, -0.2) is 48.5 Å². The molecule has 3 atom stereocenters. The highest BCUT2D eigenvalue weighted by atomic mass is 16.5. The van der Waals surface area contributed by atoms with Crippen molar-refractivity contribution in [3.05, 3.63) is 0 Å². The van der Waals surface area contributed by atoms with Crippen molar-refractivity contribution in [2.45, 2.75) is 58.2 Å². The van der Waals surface area contributed by atoms with Gasteiger partial charge in [0.05, 0.1) is 12.2 Å². The Morgan fingerprint density at radius 2 is 1.89 bits per heavy atom. The van der Waals surface area contributed by atoms with Crippen LogP contribution in [0.15, 0.2) is 0 Å². The summed E-state index contributed by atoms with van der Waals surface area (Å²) in [4.78, 5) is 2.53. The number of hydrogen-bond acceptors (Lipinski definition) is 3. The number of aliphatic hydroxyl groups is 1. The second kappa shape index (κ2) is 6.88. The van der Waals surface area contributed by atoms with E-state index < -0.39 is 0 Å². The molecule has 3 unspecified atom stereocenters. The summed E-state index contributed by atoms with van der Waals surface area (Å²) in [5, 5.41) is 10.1. The van der Waals surface area contributed by atoms with Crippen LogP contribution in [0.3, 0.4) is 0 Å². The SMILES string of the molecule is CCOC1CCN(CC2CC(C)CCC2O)CC1. The van der Waals surface area contributed by atoms with E-state index in [9.17, 15) is 5.11 Å². The summed E-state index contributed by atoms with van der Waals surface area (Å²) >= 11 is 0. The van der Waals surface area contributed by atoms with E-state index in [4.69, 9.17) is 4.74 Å². The van der Waals surface area contributed by atoms with Crippen molar-refractivity contribution in [2.75, 3.05) is 26.2 Å². The Labute approximate surface area is 112 Å². The lowest BCUT2D eigenvalue weighted by atomic mass is 9.80. The van der Waals surface area contributed by atoms with E-state index >= 15 is 0 Å². The first kappa shape index (κ1) is 14.3. The molecule has 1 aliphatic carbocycles. The predicted octanol–water partition coefficient (Wildman–Crippen LogP) is 2.28. The number of rotatable bonds is 4. The van der Waals surface area contributed by atoms with Crippen molar-refractivity contribution < 1.29 is 9.84 Å². The number of ether oxygens (including phenoxy) is 1. The minimum absolute atomic E-state index is 0.0641. The molecular weight excluding hydrogens is 226 g/mol. The van der Waals surface area contributed by atoms with Crippen LogP contribution in [0.5, 0.6) is 0 Å². The zero-order valence-electron chi connectivity index (χ0n) is 12.0. The summed E-state index contributed by atoms with van der Waals surface area (Å²) in [7, 11) is 0. The number of likely N-dealkylation sites (tertiary alicyclic amines) is 1. The normalized spacial score (nSPS) is 35.8. The van der Waals surface area contributed by atoms with Gasteiger partial charge in [0.25, 0.3) is 0 Å². The maximum absolute atomic E-state index is 10.1. The van der Waals surface area contributed by atoms with Gasteiger partial charge >= 0.3 is 0 Å². The summed E-state index contributed by atoms with van der Waals surface area (Å²) in [5.74, 6) is 1.29. The molecule has 0 aromatic heterocycles. The summed E-state index contributed by atoms with van der Waals surface area (Å²) in [5.41, 5.74) is 0. The van der Waals surface area contributed by atoms with E-state index in [1.807, 2.05) is 0 Å². The predicted molar refractivity (Wildman–Crippen MR) is 73.6 cm³/mol. The molecule has 2 fully saturated rings. The van der Waals surface area contributed by atoms with Gasteiger partial charge in [-0.1, -0.05) is 6.92 Å². The summed E-state index contributed by atoms with van der Waals surface area (Å²) < 4.78 is 5.68. The fourth-order valence-corrected chi connectivity index (χ4v) is 3.50. The van der Waals surface area contributed by atoms with Crippen LogP contribution in [0.1, 0.15) is 46.0 Å². The van der Waals surface area contributed by atoms with E-state index in [1.165, 1.54) is 12.8 Å². The van der Waals surface area contributed by atoms with Crippen LogP contribution in [0.4, 0.5) is 0 Å². The zero-order valence-corrected chi connectivity index (χ0v) is 12.0. The zero-order chi connectivity index (χ0) is 13.0. The van der Waals surface area contributed by atoms with Crippen LogP contribution >= 0.6 is 0 Å². The Balaban J connectivity index is 1.73. The minimum atomic E-state index is -0.0641. The lowest BCUT2D eigenvalue weighted by Gasteiger charge is -2.38. The van der Waals surface area contributed by atoms with Crippen molar-refractivity contribution in [1.82, 2.24) is 4.90 Å². The molecule has 1 saturated heterocycles. The van der Waals surface area contributed by atoms with E-state index in [0.717, 1.165) is 51.4 Å².